The van der Waals surface area contributed by atoms with Crippen molar-refractivity contribution in [1.29, 1.82) is 0 Å². The van der Waals surface area contributed by atoms with Gasteiger partial charge in [0.1, 0.15) is 19.3 Å². The van der Waals surface area contributed by atoms with Gasteiger partial charge in [0.15, 0.2) is 12.2 Å². The Labute approximate surface area is 498 Å². The smallest absolute Gasteiger partial charge is 0.462 e. The molecule has 0 aliphatic rings. The van der Waals surface area contributed by atoms with Crippen molar-refractivity contribution in [2.45, 2.75) is 318 Å². The number of hydrogen-bond acceptors (Lipinski definition) is 15. The average Bonchev–Trinajstić information content (AvgIpc) is 3.44. The van der Waals surface area contributed by atoms with E-state index in [1.807, 2.05) is 0 Å². The standard InChI is InChI=1S/C63H122O17P2/c1-9-56(8)42-34-26-21-22-28-36-44-61(66)74-50-59(80-63(68)46-38-30-20-14-17-25-33-41-55(6)7)52-78-82(71,72)76-48-57(64)47-75-81(69,70)77-51-58(79-62(67)45-37-29-19-13-11-16-24-32-40-54(4)5)49-73-60(65)43-35-27-18-12-10-15-23-31-39-53(2)3/h53-59,64H,9-52H2,1-8H3,(H,69,70)(H,71,72)/t56?,57-,58-,59-/m1/s1. The molecule has 0 spiro atoms. The molecule has 17 nitrogen and oxygen atoms in total. The molecule has 0 aromatic carbocycles. The van der Waals surface area contributed by atoms with E-state index in [0.29, 0.717) is 31.6 Å². The normalized spacial score (nSPS) is 14.8. The van der Waals surface area contributed by atoms with Crippen molar-refractivity contribution >= 4 is 39.5 Å². The predicted octanol–water partition coefficient (Wildman–Crippen LogP) is 17.0. The molecule has 6 atom stereocenters. The molecule has 0 saturated heterocycles. The topological polar surface area (TPSA) is 237 Å². The highest BCUT2D eigenvalue weighted by Gasteiger charge is 2.30. The van der Waals surface area contributed by atoms with Crippen molar-refractivity contribution < 1.29 is 80.2 Å². The lowest BCUT2D eigenvalue weighted by molar-refractivity contribution is -0.161. The van der Waals surface area contributed by atoms with Gasteiger partial charge in [0.25, 0.3) is 0 Å². The van der Waals surface area contributed by atoms with Crippen LogP contribution in [0.4, 0.5) is 0 Å². The molecule has 0 aromatic rings. The third-order valence-corrected chi connectivity index (χ3v) is 16.6. The summed E-state index contributed by atoms with van der Waals surface area (Å²) in [6.07, 6.45) is 32.3. The number of phosphoric acid groups is 2. The van der Waals surface area contributed by atoms with Crippen LogP contribution in [0, 0.1) is 23.7 Å². The van der Waals surface area contributed by atoms with Crippen molar-refractivity contribution in [3.05, 3.63) is 0 Å². The maximum Gasteiger partial charge on any atom is 0.472 e. The van der Waals surface area contributed by atoms with E-state index < -0.39 is 97.5 Å². The van der Waals surface area contributed by atoms with Crippen molar-refractivity contribution in [3.63, 3.8) is 0 Å². The van der Waals surface area contributed by atoms with Crippen LogP contribution in [0.25, 0.3) is 0 Å². The van der Waals surface area contributed by atoms with Crippen LogP contribution in [-0.4, -0.2) is 96.7 Å². The molecule has 0 fully saturated rings. The van der Waals surface area contributed by atoms with Crippen molar-refractivity contribution in [1.82, 2.24) is 0 Å². The number of esters is 4. The molecule has 3 unspecified atom stereocenters. The van der Waals surface area contributed by atoms with Gasteiger partial charge < -0.3 is 33.8 Å². The minimum Gasteiger partial charge on any atom is -0.462 e. The van der Waals surface area contributed by atoms with E-state index in [4.69, 9.17) is 37.0 Å². The van der Waals surface area contributed by atoms with Gasteiger partial charge >= 0.3 is 39.5 Å². The molecular formula is C63H122O17P2. The van der Waals surface area contributed by atoms with E-state index in [9.17, 15) is 43.2 Å². The second kappa shape index (κ2) is 53.3. The van der Waals surface area contributed by atoms with E-state index in [1.165, 1.54) is 96.3 Å². The Morgan fingerprint density at radius 3 is 0.866 bits per heavy atom. The largest absolute Gasteiger partial charge is 0.472 e. The highest BCUT2D eigenvalue weighted by molar-refractivity contribution is 7.47. The maximum absolute atomic E-state index is 13.0. The number of aliphatic hydroxyl groups is 1. The number of ether oxygens (including phenoxy) is 4. The van der Waals surface area contributed by atoms with Crippen LogP contribution >= 0.6 is 15.6 Å². The number of phosphoric ester groups is 2. The fraction of sp³-hybridized carbons (Fsp3) is 0.937. The molecular weight excluding hydrogens is 1090 g/mol. The molecule has 0 radical (unpaired) electrons. The van der Waals surface area contributed by atoms with Gasteiger partial charge in [-0.25, -0.2) is 9.13 Å². The zero-order valence-electron chi connectivity index (χ0n) is 53.1. The first-order valence-electron chi connectivity index (χ1n) is 32.7. The third-order valence-electron chi connectivity index (χ3n) is 14.7. The number of unbranched alkanes of at least 4 members (excludes halogenated alkanes) is 25. The van der Waals surface area contributed by atoms with Gasteiger partial charge in [0, 0.05) is 25.7 Å². The van der Waals surface area contributed by atoms with E-state index in [0.717, 1.165) is 114 Å². The summed E-state index contributed by atoms with van der Waals surface area (Å²) in [5.74, 6) is 0.727. The van der Waals surface area contributed by atoms with E-state index in [-0.39, 0.29) is 25.7 Å². The maximum atomic E-state index is 13.0. The van der Waals surface area contributed by atoms with Crippen LogP contribution in [0.3, 0.4) is 0 Å². The SMILES string of the molecule is CCC(C)CCCCCCCCC(=O)OC[C@H](COP(=O)(O)OC[C@H](O)COP(=O)(O)OC[C@@H](COC(=O)CCCCCCCCCCC(C)C)OC(=O)CCCCCCCCCCC(C)C)OC(=O)CCCCCCCCCC(C)C. The molecule has 3 N–H and O–H groups in total. The zero-order valence-corrected chi connectivity index (χ0v) is 54.9. The van der Waals surface area contributed by atoms with E-state index in [2.05, 4.69) is 55.4 Å². The fourth-order valence-electron chi connectivity index (χ4n) is 9.22. The van der Waals surface area contributed by atoms with Gasteiger partial charge in [-0.15, -0.1) is 0 Å². The zero-order chi connectivity index (χ0) is 61.1. The molecule has 0 heterocycles. The summed E-state index contributed by atoms with van der Waals surface area (Å²) in [5, 5.41) is 10.5. The van der Waals surface area contributed by atoms with Gasteiger partial charge in [0.2, 0.25) is 0 Å². The molecule has 0 aliphatic carbocycles. The van der Waals surface area contributed by atoms with Crippen LogP contribution < -0.4 is 0 Å². The van der Waals surface area contributed by atoms with Gasteiger partial charge in [0.05, 0.1) is 26.4 Å². The number of rotatable bonds is 60. The molecule has 0 saturated carbocycles. The summed E-state index contributed by atoms with van der Waals surface area (Å²) >= 11 is 0. The highest BCUT2D eigenvalue weighted by Crippen LogP contribution is 2.45. The Balaban J connectivity index is 5.26. The summed E-state index contributed by atoms with van der Waals surface area (Å²) in [7, 11) is -9.89. The number of aliphatic hydroxyl groups excluding tert-OH is 1. The second-order valence-electron chi connectivity index (χ2n) is 24.5. The quantitative estimate of drug-likeness (QED) is 0.0222. The summed E-state index contributed by atoms with van der Waals surface area (Å²) in [6.45, 7) is 13.9. The highest BCUT2D eigenvalue weighted by atomic mass is 31.2. The first-order valence-corrected chi connectivity index (χ1v) is 35.7. The number of hydrogen-bond donors (Lipinski definition) is 3. The molecule has 19 heteroatoms. The number of carbonyl (C=O) groups is 4. The van der Waals surface area contributed by atoms with Gasteiger partial charge in [-0.3, -0.25) is 37.3 Å². The van der Waals surface area contributed by atoms with Gasteiger partial charge in [-0.05, 0) is 49.4 Å². The van der Waals surface area contributed by atoms with Crippen LogP contribution in [0.2, 0.25) is 0 Å². The fourth-order valence-corrected chi connectivity index (χ4v) is 10.8. The lowest BCUT2D eigenvalue weighted by Gasteiger charge is -2.21. The summed E-state index contributed by atoms with van der Waals surface area (Å²) in [4.78, 5) is 72.1. The molecule has 0 amide bonds. The Bertz CT molecular complexity index is 1650. The van der Waals surface area contributed by atoms with Crippen LogP contribution in [0.1, 0.15) is 299 Å². The molecule has 0 bridgehead atoms. The van der Waals surface area contributed by atoms with Crippen LogP contribution in [-0.2, 0) is 65.4 Å². The minimum atomic E-state index is -4.94. The Kier molecular flexibility index (Phi) is 52.0. The third kappa shape index (κ3) is 55.9. The molecule has 0 aromatic heterocycles. The Morgan fingerprint density at radius 1 is 0.341 bits per heavy atom. The monoisotopic (exact) mass is 1210 g/mol. The Morgan fingerprint density at radius 2 is 0.585 bits per heavy atom. The first-order chi connectivity index (χ1) is 39.1. The van der Waals surface area contributed by atoms with Gasteiger partial charge in [-0.1, -0.05) is 248 Å². The molecule has 486 valence electrons. The van der Waals surface area contributed by atoms with E-state index >= 15 is 0 Å². The second-order valence-corrected chi connectivity index (χ2v) is 27.4. The van der Waals surface area contributed by atoms with Gasteiger partial charge in [-0.2, -0.15) is 0 Å². The summed E-state index contributed by atoms with van der Waals surface area (Å²) in [5.41, 5.74) is 0. The minimum absolute atomic E-state index is 0.102. The van der Waals surface area contributed by atoms with E-state index in [1.54, 1.807) is 0 Å². The van der Waals surface area contributed by atoms with Crippen LogP contribution in [0.5, 0.6) is 0 Å². The lowest BCUT2D eigenvalue weighted by atomic mass is 10.00. The van der Waals surface area contributed by atoms with Crippen LogP contribution in [0.15, 0.2) is 0 Å². The summed E-state index contributed by atoms with van der Waals surface area (Å²) < 4.78 is 67.9. The first kappa shape index (κ1) is 80.1. The number of carbonyl (C=O) groups excluding carboxylic acids is 4. The van der Waals surface area contributed by atoms with Crippen molar-refractivity contribution in [3.8, 4) is 0 Å². The molecule has 0 rings (SSSR count). The van der Waals surface area contributed by atoms with Crippen molar-refractivity contribution in [2.24, 2.45) is 23.7 Å². The lowest BCUT2D eigenvalue weighted by Crippen LogP contribution is -2.30. The molecule has 0 aliphatic heterocycles. The molecule has 82 heavy (non-hydrogen) atoms. The predicted molar refractivity (Wildman–Crippen MR) is 326 cm³/mol. The Hall–Kier alpha value is -1.94. The summed E-state index contributed by atoms with van der Waals surface area (Å²) in [6, 6.07) is 0. The van der Waals surface area contributed by atoms with Crippen molar-refractivity contribution in [2.75, 3.05) is 39.6 Å². The average molecular weight is 1210 g/mol.